The number of ether oxygens (including phenoxy) is 1. The lowest BCUT2D eigenvalue weighted by molar-refractivity contribution is 0.103. The monoisotopic (exact) mass is 371 g/mol. The normalized spacial score (nSPS) is 10.5. The molecule has 0 atom stereocenters. The van der Waals surface area contributed by atoms with Crippen LogP contribution in [-0.2, 0) is 6.61 Å². The lowest BCUT2D eigenvalue weighted by Crippen LogP contribution is -2.10. The molecule has 0 bridgehead atoms. The molecule has 0 aliphatic heterocycles. The van der Waals surface area contributed by atoms with Crippen LogP contribution in [0.4, 0.5) is 5.69 Å². The molecule has 0 aliphatic rings. The molecule has 1 aromatic heterocycles. The molecule has 5 heteroatoms. The standard InChI is InChI=1S/C20H18ClNO2S/c1-13-3-6-16(7-4-13)22-20(23)19-10-15(12-25-19)11-24-18-9-14(2)5-8-17(18)21/h3-10,12H,11H2,1-2H3,(H,22,23). The Hall–Kier alpha value is -2.30. The Labute approximate surface area is 156 Å². The molecule has 0 radical (unpaired) electrons. The van der Waals surface area contributed by atoms with E-state index in [1.165, 1.54) is 11.3 Å². The van der Waals surface area contributed by atoms with Crippen molar-refractivity contribution in [3.8, 4) is 5.75 Å². The average molecular weight is 372 g/mol. The lowest BCUT2D eigenvalue weighted by Gasteiger charge is -2.07. The SMILES string of the molecule is Cc1ccc(NC(=O)c2cc(COc3cc(C)ccc3Cl)cs2)cc1. The van der Waals surface area contributed by atoms with Crippen LogP contribution >= 0.6 is 22.9 Å². The van der Waals surface area contributed by atoms with Gasteiger partial charge < -0.3 is 10.1 Å². The zero-order valence-electron chi connectivity index (χ0n) is 14.0. The summed E-state index contributed by atoms with van der Waals surface area (Å²) in [5.74, 6) is 0.534. The average Bonchev–Trinajstić information content (AvgIpc) is 3.07. The van der Waals surface area contributed by atoms with Gasteiger partial charge in [-0.25, -0.2) is 0 Å². The molecule has 1 N–H and O–H groups in total. The van der Waals surface area contributed by atoms with Crippen LogP contribution in [0.2, 0.25) is 5.02 Å². The van der Waals surface area contributed by atoms with Crippen LogP contribution in [0.1, 0.15) is 26.4 Å². The van der Waals surface area contributed by atoms with Gasteiger partial charge in [0.1, 0.15) is 12.4 Å². The zero-order valence-corrected chi connectivity index (χ0v) is 15.6. The number of nitrogens with one attached hydrogen (secondary N) is 1. The van der Waals surface area contributed by atoms with E-state index in [0.29, 0.717) is 22.3 Å². The first-order valence-corrected chi connectivity index (χ1v) is 9.11. The molecule has 128 valence electrons. The van der Waals surface area contributed by atoms with E-state index >= 15 is 0 Å². The van der Waals surface area contributed by atoms with Gasteiger partial charge >= 0.3 is 0 Å². The van der Waals surface area contributed by atoms with Crippen LogP contribution in [0, 0.1) is 13.8 Å². The smallest absolute Gasteiger partial charge is 0.265 e. The fourth-order valence-electron chi connectivity index (χ4n) is 2.28. The van der Waals surface area contributed by atoms with Crippen LogP contribution in [-0.4, -0.2) is 5.91 Å². The quantitative estimate of drug-likeness (QED) is 0.610. The Kier molecular flexibility index (Phi) is 5.41. The maximum atomic E-state index is 12.3. The van der Waals surface area contributed by atoms with E-state index < -0.39 is 0 Å². The van der Waals surface area contributed by atoms with Crippen LogP contribution in [0.5, 0.6) is 5.75 Å². The molecule has 3 aromatic rings. The number of hydrogen-bond donors (Lipinski definition) is 1. The Morgan fingerprint density at radius 1 is 1.08 bits per heavy atom. The van der Waals surface area contributed by atoms with Crippen molar-refractivity contribution in [3.63, 3.8) is 0 Å². The van der Waals surface area contributed by atoms with Gasteiger partial charge in [0, 0.05) is 11.3 Å². The van der Waals surface area contributed by atoms with E-state index in [9.17, 15) is 4.79 Å². The number of aryl methyl sites for hydroxylation is 2. The van der Waals surface area contributed by atoms with Crippen molar-refractivity contribution in [2.24, 2.45) is 0 Å². The fourth-order valence-corrected chi connectivity index (χ4v) is 3.25. The minimum absolute atomic E-state index is 0.117. The second kappa shape index (κ2) is 7.72. The first kappa shape index (κ1) is 17.5. The Balaban J connectivity index is 1.62. The number of halogens is 1. The van der Waals surface area contributed by atoms with Crippen molar-refractivity contribution >= 4 is 34.5 Å². The predicted octanol–water partition coefficient (Wildman–Crippen LogP) is 5.85. The van der Waals surface area contributed by atoms with Crippen molar-refractivity contribution in [2.75, 3.05) is 5.32 Å². The highest BCUT2D eigenvalue weighted by molar-refractivity contribution is 7.12. The minimum atomic E-state index is -0.117. The topological polar surface area (TPSA) is 38.3 Å². The third-order valence-electron chi connectivity index (χ3n) is 3.67. The van der Waals surface area contributed by atoms with E-state index in [1.54, 1.807) is 0 Å². The highest BCUT2D eigenvalue weighted by atomic mass is 35.5. The summed E-state index contributed by atoms with van der Waals surface area (Å²) in [7, 11) is 0. The summed E-state index contributed by atoms with van der Waals surface area (Å²) in [6.45, 7) is 4.37. The maximum absolute atomic E-state index is 12.3. The van der Waals surface area contributed by atoms with Gasteiger partial charge in [0.15, 0.2) is 0 Å². The molecule has 0 aliphatic carbocycles. The van der Waals surface area contributed by atoms with E-state index in [-0.39, 0.29) is 5.91 Å². The second-order valence-electron chi connectivity index (χ2n) is 5.86. The summed E-state index contributed by atoms with van der Waals surface area (Å²) >= 11 is 7.53. The minimum Gasteiger partial charge on any atom is -0.487 e. The Morgan fingerprint density at radius 3 is 2.56 bits per heavy atom. The predicted molar refractivity (Wildman–Crippen MR) is 104 cm³/mol. The maximum Gasteiger partial charge on any atom is 0.265 e. The highest BCUT2D eigenvalue weighted by Crippen LogP contribution is 2.27. The summed E-state index contributed by atoms with van der Waals surface area (Å²) in [4.78, 5) is 13.0. The van der Waals surface area contributed by atoms with Crippen molar-refractivity contribution in [3.05, 3.63) is 80.5 Å². The Morgan fingerprint density at radius 2 is 1.80 bits per heavy atom. The molecule has 1 heterocycles. The molecular weight excluding hydrogens is 354 g/mol. The van der Waals surface area contributed by atoms with Crippen LogP contribution in [0.25, 0.3) is 0 Å². The van der Waals surface area contributed by atoms with Crippen molar-refractivity contribution < 1.29 is 9.53 Å². The van der Waals surface area contributed by atoms with Crippen LogP contribution in [0.3, 0.4) is 0 Å². The second-order valence-corrected chi connectivity index (χ2v) is 7.18. The largest absolute Gasteiger partial charge is 0.487 e. The zero-order chi connectivity index (χ0) is 17.8. The molecule has 0 unspecified atom stereocenters. The summed E-state index contributed by atoms with van der Waals surface area (Å²) in [6.07, 6.45) is 0. The van der Waals surface area contributed by atoms with E-state index in [0.717, 1.165) is 22.4 Å². The van der Waals surface area contributed by atoms with Crippen LogP contribution < -0.4 is 10.1 Å². The van der Waals surface area contributed by atoms with Gasteiger partial charge in [-0.1, -0.05) is 35.4 Å². The molecular formula is C20H18ClNO2S. The van der Waals surface area contributed by atoms with Crippen LogP contribution in [0.15, 0.2) is 53.9 Å². The van der Waals surface area contributed by atoms with Gasteiger partial charge in [-0.05, 0) is 55.1 Å². The van der Waals surface area contributed by atoms with Gasteiger partial charge in [-0.15, -0.1) is 11.3 Å². The molecule has 0 saturated heterocycles. The van der Waals surface area contributed by atoms with E-state index in [4.69, 9.17) is 16.3 Å². The highest BCUT2D eigenvalue weighted by Gasteiger charge is 2.10. The fraction of sp³-hybridized carbons (Fsp3) is 0.150. The summed E-state index contributed by atoms with van der Waals surface area (Å²) in [5.41, 5.74) is 3.97. The van der Waals surface area contributed by atoms with Gasteiger partial charge in [0.05, 0.1) is 9.90 Å². The number of carbonyl (C=O) groups excluding carboxylic acids is 1. The Bertz CT molecular complexity index is 887. The van der Waals surface area contributed by atoms with Gasteiger partial charge in [-0.2, -0.15) is 0 Å². The third kappa shape index (κ3) is 4.62. The number of carbonyl (C=O) groups is 1. The van der Waals surface area contributed by atoms with E-state index in [2.05, 4.69) is 5.32 Å². The lowest BCUT2D eigenvalue weighted by atomic mass is 10.2. The van der Waals surface area contributed by atoms with Crippen molar-refractivity contribution in [2.45, 2.75) is 20.5 Å². The molecule has 3 rings (SSSR count). The van der Waals surface area contributed by atoms with Gasteiger partial charge in [-0.3, -0.25) is 4.79 Å². The summed E-state index contributed by atoms with van der Waals surface area (Å²) in [5, 5.41) is 5.40. The molecule has 1 amide bonds. The molecule has 0 saturated carbocycles. The molecule has 2 aromatic carbocycles. The number of rotatable bonds is 5. The van der Waals surface area contributed by atoms with Gasteiger partial charge in [0.2, 0.25) is 0 Å². The number of thiophene rings is 1. The van der Waals surface area contributed by atoms with Crippen molar-refractivity contribution in [1.82, 2.24) is 0 Å². The summed E-state index contributed by atoms with van der Waals surface area (Å²) in [6, 6.07) is 15.2. The number of amides is 1. The number of benzene rings is 2. The van der Waals surface area contributed by atoms with E-state index in [1.807, 2.05) is 67.8 Å². The third-order valence-corrected chi connectivity index (χ3v) is 4.96. The first-order valence-electron chi connectivity index (χ1n) is 7.85. The van der Waals surface area contributed by atoms with Crippen molar-refractivity contribution in [1.29, 1.82) is 0 Å². The molecule has 3 nitrogen and oxygen atoms in total. The van der Waals surface area contributed by atoms with Gasteiger partial charge in [0.25, 0.3) is 5.91 Å². The molecule has 25 heavy (non-hydrogen) atoms. The molecule has 0 spiro atoms. The number of hydrogen-bond acceptors (Lipinski definition) is 3. The molecule has 0 fully saturated rings. The number of anilines is 1. The summed E-state index contributed by atoms with van der Waals surface area (Å²) < 4.78 is 5.77. The first-order chi connectivity index (χ1) is 12.0.